The van der Waals surface area contributed by atoms with Gasteiger partial charge in [-0.15, -0.1) is 0 Å². The van der Waals surface area contributed by atoms with Crippen LogP contribution in [0.3, 0.4) is 0 Å². The number of nitrogens with zero attached hydrogens (tertiary/aromatic N) is 1. The number of hydrogen-bond acceptors (Lipinski definition) is 4. The van der Waals surface area contributed by atoms with E-state index in [-0.39, 0.29) is 11.9 Å². The fourth-order valence-corrected chi connectivity index (χ4v) is 1.28. The van der Waals surface area contributed by atoms with Crippen LogP contribution in [-0.2, 0) is 0 Å². The zero-order chi connectivity index (χ0) is 11.1. The van der Waals surface area contributed by atoms with E-state index in [4.69, 9.17) is 15.4 Å². The monoisotopic (exact) mass is 211 g/mol. The van der Waals surface area contributed by atoms with Crippen LogP contribution in [0.2, 0.25) is 0 Å². The van der Waals surface area contributed by atoms with Crippen LogP contribution in [0.5, 0.6) is 0 Å². The Bertz CT molecular complexity index is 296. The molecule has 15 heavy (non-hydrogen) atoms. The van der Waals surface area contributed by atoms with Crippen molar-refractivity contribution in [1.82, 2.24) is 5.32 Å². The highest BCUT2D eigenvalue weighted by molar-refractivity contribution is 5.79. The number of nitrogens with two attached hydrogens (primary N) is 1. The molecule has 0 amide bonds. The quantitative estimate of drug-likeness (QED) is 0.219. The smallest absolute Gasteiger partial charge is 0.139 e. The molecule has 0 aromatic carbocycles. The van der Waals surface area contributed by atoms with Gasteiger partial charge in [0.25, 0.3) is 0 Å². The Morgan fingerprint density at radius 1 is 1.73 bits per heavy atom. The normalized spacial score (nSPS) is 14.1. The van der Waals surface area contributed by atoms with Crippen LogP contribution >= 0.6 is 0 Å². The van der Waals surface area contributed by atoms with Gasteiger partial charge in [-0.25, -0.2) is 0 Å². The van der Waals surface area contributed by atoms with Gasteiger partial charge in [0.2, 0.25) is 0 Å². The lowest BCUT2D eigenvalue weighted by Gasteiger charge is -2.10. The van der Waals surface area contributed by atoms with Gasteiger partial charge < -0.3 is 20.7 Å². The maximum atomic E-state index is 8.32. The van der Waals surface area contributed by atoms with Crippen molar-refractivity contribution in [1.29, 1.82) is 0 Å². The Hall–Kier alpha value is -1.49. The third-order valence-electron chi connectivity index (χ3n) is 2.16. The summed E-state index contributed by atoms with van der Waals surface area (Å²) in [6, 6.07) is 3.98. The molecule has 0 aliphatic rings. The summed E-state index contributed by atoms with van der Waals surface area (Å²) in [6.45, 7) is 2.83. The van der Waals surface area contributed by atoms with Crippen molar-refractivity contribution in [3.05, 3.63) is 24.2 Å². The first-order valence-corrected chi connectivity index (χ1v) is 4.97. The number of hydrogen-bond donors (Lipinski definition) is 3. The van der Waals surface area contributed by atoms with Crippen LogP contribution in [0.1, 0.15) is 31.6 Å². The third-order valence-corrected chi connectivity index (χ3v) is 2.16. The van der Waals surface area contributed by atoms with E-state index in [0.29, 0.717) is 6.42 Å². The van der Waals surface area contributed by atoms with Crippen LogP contribution in [0, 0.1) is 0 Å². The van der Waals surface area contributed by atoms with E-state index in [1.165, 1.54) is 0 Å². The van der Waals surface area contributed by atoms with Crippen LogP contribution < -0.4 is 11.1 Å². The van der Waals surface area contributed by atoms with Crippen LogP contribution in [-0.4, -0.2) is 17.6 Å². The molecule has 0 bridgehead atoms. The fourth-order valence-electron chi connectivity index (χ4n) is 1.28. The minimum absolute atomic E-state index is 0.187. The van der Waals surface area contributed by atoms with Gasteiger partial charge >= 0.3 is 0 Å². The second-order valence-electron chi connectivity index (χ2n) is 3.39. The SMILES string of the molecule is CC(NCCCC(N)=NO)c1ccco1. The van der Waals surface area contributed by atoms with Gasteiger partial charge in [0.1, 0.15) is 11.6 Å². The molecule has 1 heterocycles. The molecule has 0 radical (unpaired) electrons. The number of rotatable bonds is 6. The Kier molecular flexibility index (Phi) is 4.70. The van der Waals surface area contributed by atoms with Crippen LogP contribution in [0.25, 0.3) is 0 Å². The van der Waals surface area contributed by atoms with Crippen molar-refractivity contribution in [3.8, 4) is 0 Å². The highest BCUT2D eigenvalue weighted by Crippen LogP contribution is 2.11. The Morgan fingerprint density at radius 3 is 3.13 bits per heavy atom. The predicted octanol–water partition coefficient (Wildman–Crippen LogP) is 1.46. The molecule has 0 aliphatic carbocycles. The third kappa shape index (κ3) is 4.03. The van der Waals surface area contributed by atoms with Crippen LogP contribution in [0.15, 0.2) is 28.0 Å². The number of furan rings is 1. The molecule has 1 unspecified atom stereocenters. The molecule has 0 fully saturated rings. The topological polar surface area (TPSA) is 83.8 Å². The average Bonchev–Trinajstić information content (AvgIpc) is 2.77. The predicted molar refractivity (Wildman–Crippen MR) is 57.8 cm³/mol. The molecular weight excluding hydrogens is 194 g/mol. The summed E-state index contributed by atoms with van der Waals surface area (Å²) in [4.78, 5) is 0. The standard InChI is InChI=1S/C10H17N3O2/c1-8(9-4-3-7-15-9)12-6-2-5-10(11)13-14/h3-4,7-8,12,14H,2,5-6H2,1H3,(H2,11,13). The van der Waals surface area contributed by atoms with Crippen LogP contribution in [0.4, 0.5) is 0 Å². The summed E-state index contributed by atoms with van der Waals surface area (Å²) in [5.74, 6) is 1.18. The summed E-state index contributed by atoms with van der Waals surface area (Å²) < 4.78 is 5.24. The summed E-state index contributed by atoms with van der Waals surface area (Å²) >= 11 is 0. The van der Waals surface area contributed by atoms with E-state index in [2.05, 4.69) is 10.5 Å². The van der Waals surface area contributed by atoms with Crippen molar-refractivity contribution in [2.75, 3.05) is 6.54 Å². The molecule has 1 rings (SSSR count). The first-order valence-electron chi connectivity index (χ1n) is 4.97. The fraction of sp³-hybridized carbons (Fsp3) is 0.500. The summed E-state index contributed by atoms with van der Waals surface area (Å²) in [5.41, 5.74) is 5.34. The largest absolute Gasteiger partial charge is 0.468 e. The lowest BCUT2D eigenvalue weighted by Crippen LogP contribution is -2.21. The van der Waals surface area contributed by atoms with Gasteiger partial charge in [-0.1, -0.05) is 5.16 Å². The first-order chi connectivity index (χ1) is 7.24. The molecule has 4 N–H and O–H groups in total. The maximum absolute atomic E-state index is 8.32. The van der Waals surface area contributed by atoms with Gasteiger partial charge in [-0.2, -0.15) is 0 Å². The molecule has 1 aromatic rings. The van der Waals surface area contributed by atoms with Gasteiger partial charge in [0.15, 0.2) is 0 Å². The maximum Gasteiger partial charge on any atom is 0.139 e. The van der Waals surface area contributed by atoms with E-state index in [9.17, 15) is 0 Å². The zero-order valence-corrected chi connectivity index (χ0v) is 8.81. The minimum atomic E-state index is 0.187. The molecule has 0 aliphatic heterocycles. The zero-order valence-electron chi connectivity index (χ0n) is 8.81. The average molecular weight is 211 g/mol. The lowest BCUT2D eigenvalue weighted by molar-refractivity contribution is 0.316. The molecule has 0 saturated heterocycles. The molecule has 5 nitrogen and oxygen atoms in total. The van der Waals surface area contributed by atoms with Crippen molar-refractivity contribution in [3.63, 3.8) is 0 Å². The van der Waals surface area contributed by atoms with Gasteiger partial charge in [0, 0.05) is 6.42 Å². The van der Waals surface area contributed by atoms with Crippen molar-refractivity contribution < 1.29 is 9.62 Å². The first kappa shape index (κ1) is 11.6. The molecule has 1 aromatic heterocycles. The molecule has 1 atom stereocenters. The van der Waals surface area contributed by atoms with Crippen molar-refractivity contribution >= 4 is 5.84 Å². The van der Waals surface area contributed by atoms with E-state index in [1.54, 1.807) is 6.26 Å². The summed E-state index contributed by atoms with van der Waals surface area (Å²) in [5, 5.41) is 14.5. The second kappa shape index (κ2) is 6.08. The second-order valence-corrected chi connectivity index (χ2v) is 3.39. The summed E-state index contributed by atoms with van der Waals surface area (Å²) in [7, 11) is 0. The Labute approximate surface area is 88.9 Å². The minimum Gasteiger partial charge on any atom is -0.468 e. The molecule has 0 spiro atoms. The number of amidine groups is 1. The van der Waals surface area contributed by atoms with Crippen molar-refractivity contribution in [2.45, 2.75) is 25.8 Å². The molecule has 0 saturated carbocycles. The molecule has 5 heteroatoms. The Balaban J connectivity index is 2.15. The number of oxime groups is 1. The summed E-state index contributed by atoms with van der Waals surface area (Å²) in [6.07, 6.45) is 3.08. The molecule has 84 valence electrons. The van der Waals surface area contributed by atoms with E-state index < -0.39 is 0 Å². The van der Waals surface area contributed by atoms with Gasteiger partial charge in [0.05, 0.1) is 12.3 Å². The highest BCUT2D eigenvalue weighted by Gasteiger charge is 2.06. The van der Waals surface area contributed by atoms with Gasteiger partial charge in [-0.3, -0.25) is 0 Å². The molecular formula is C10H17N3O2. The lowest BCUT2D eigenvalue weighted by atomic mass is 10.2. The van der Waals surface area contributed by atoms with Gasteiger partial charge in [-0.05, 0) is 32.0 Å². The number of nitrogens with one attached hydrogen (secondary N) is 1. The van der Waals surface area contributed by atoms with Crippen molar-refractivity contribution in [2.24, 2.45) is 10.9 Å². The Morgan fingerprint density at radius 2 is 2.53 bits per heavy atom. The van der Waals surface area contributed by atoms with E-state index >= 15 is 0 Å². The van der Waals surface area contributed by atoms with E-state index in [1.807, 2.05) is 19.1 Å². The highest BCUT2D eigenvalue weighted by atomic mass is 16.4. The van der Waals surface area contributed by atoms with E-state index in [0.717, 1.165) is 18.7 Å².